The summed E-state index contributed by atoms with van der Waals surface area (Å²) in [5.41, 5.74) is 0.963. The van der Waals surface area contributed by atoms with E-state index < -0.39 is 5.97 Å². The third-order valence-electron chi connectivity index (χ3n) is 3.05. The summed E-state index contributed by atoms with van der Waals surface area (Å²) >= 11 is 0. The molecule has 0 bridgehead atoms. The molecule has 1 saturated heterocycles. The van der Waals surface area contributed by atoms with Crippen molar-refractivity contribution in [2.75, 3.05) is 32.2 Å². The van der Waals surface area contributed by atoms with Gasteiger partial charge in [-0.3, -0.25) is 0 Å². The van der Waals surface area contributed by atoms with Crippen molar-refractivity contribution in [3.63, 3.8) is 0 Å². The molecule has 0 amide bonds. The number of hydrogen-bond donors (Lipinski definition) is 2. The van der Waals surface area contributed by atoms with Crippen molar-refractivity contribution in [2.45, 2.75) is 6.42 Å². The fourth-order valence-corrected chi connectivity index (χ4v) is 1.98. The number of carboxylic acids is 1. The van der Waals surface area contributed by atoms with Gasteiger partial charge in [0.15, 0.2) is 0 Å². The highest BCUT2D eigenvalue weighted by atomic mass is 16.5. The highest BCUT2D eigenvalue weighted by Gasteiger charge is 2.16. The van der Waals surface area contributed by atoms with Gasteiger partial charge in [0, 0.05) is 19.1 Å². The molecular weight excluding hydrogens is 234 g/mol. The number of ether oxygens (including phenoxy) is 2. The molecule has 98 valence electrons. The van der Waals surface area contributed by atoms with Crippen LogP contribution in [0.2, 0.25) is 0 Å². The summed E-state index contributed by atoms with van der Waals surface area (Å²) in [7, 11) is 1.57. The second kappa shape index (κ2) is 5.73. The van der Waals surface area contributed by atoms with E-state index in [1.54, 1.807) is 19.2 Å². The zero-order valence-electron chi connectivity index (χ0n) is 10.3. The van der Waals surface area contributed by atoms with Gasteiger partial charge in [-0.1, -0.05) is 0 Å². The third kappa shape index (κ3) is 2.92. The minimum Gasteiger partial charge on any atom is -0.495 e. The van der Waals surface area contributed by atoms with Crippen molar-refractivity contribution in [1.82, 2.24) is 0 Å². The minimum atomic E-state index is -0.940. The predicted octanol–water partition coefficient (Wildman–Crippen LogP) is 1.84. The number of rotatable bonds is 5. The first kappa shape index (κ1) is 12.7. The molecule has 1 aromatic carbocycles. The highest BCUT2D eigenvalue weighted by Crippen LogP contribution is 2.26. The Morgan fingerprint density at radius 3 is 3.06 bits per heavy atom. The topological polar surface area (TPSA) is 67.8 Å². The number of carbonyl (C=O) groups is 1. The van der Waals surface area contributed by atoms with Crippen molar-refractivity contribution in [3.05, 3.63) is 23.8 Å². The molecule has 1 aliphatic heterocycles. The quantitative estimate of drug-likeness (QED) is 0.835. The second-order valence-electron chi connectivity index (χ2n) is 4.33. The van der Waals surface area contributed by atoms with Gasteiger partial charge in [-0.05, 0) is 24.6 Å². The average molecular weight is 251 g/mol. The Labute approximate surface area is 106 Å². The molecule has 2 rings (SSSR count). The number of methoxy groups -OCH3 is 1. The summed E-state index contributed by atoms with van der Waals surface area (Å²) in [6.07, 6.45) is 1.04. The van der Waals surface area contributed by atoms with Crippen LogP contribution in [-0.4, -0.2) is 37.9 Å². The van der Waals surface area contributed by atoms with E-state index in [9.17, 15) is 4.79 Å². The summed E-state index contributed by atoms with van der Waals surface area (Å²) in [6, 6.07) is 4.79. The van der Waals surface area contributed by atoms with E-state index in [1.807, 2.05) is 0 Å². The number of benzene rings is 1. The van der Waals surface area contributed by atoms with E-state index in [0.717, 1.165) is 26.2 Å². The summed E-state index contributed by atoms with van der Waals surface area (Å²) in [5, 5.41) is 12.2. The maximum atomic E-state index is 10.9. The molecule has 1 atom stereocenters. The Hall–Kier alpha value is -1.75. The Bertz CT molecular complexity index is 427. The number of hydrogen-bond acceptors (Lipinski definition) is 4. The lowest BCUT2D eigenvalue weighted by Gasteiger charge is -2.14. The molecule has 0 radical (unpaired) electrons. The largest absolute Gasteiger partial charge is 0.495 e. The minimum absolute atomic E-state index is 0.251. The van der Waals surface area contributed by atoms with Gasteiger partial charge in [0.1, 0.15) is 5.75 Å². The van der Waals surface area contributed by atoms with E-state index in [1.165, 1.54) is 6.07 Å². The molecular formula is C13H17NO4. The van der Waals surface area contributed by atoms with Crippen molar-refractivity contribution < 1.29 is 19.4 Å². The second-order valence-corrected chi connectivity index (χ2v) is 4.33. The third-order valence-corrected chi connectivity index (χ3v) is 3.05. The van der Waals surface area contributed by atoms with Crippen LogP contribution in [0, 0.1) is 5.92 Å². The zero-order valence-corrected chi connectivity index (χ0v) is 10.3. The SMILES string of the molecule is COc1ccc(C(=O)O)cc1NCC1CCOC1. The van der Waals surface area contributed by atoms with Crippen LogP contribution in [0.25, 0.3) is 0 Å². The molecule has 2 N–H and O–H groups in total. The molecule has 0 aromatic heterocycles. The Kier molecular flexibility index (Phi) is 4.04. The zero-order chi connectivity index (χ0) is 13.0. The molecule has 5 heteroatoms. The van der Waals surface area contributed by atoms with Gasteiger partial charge in [-0.25, -0.2) is 4.79 Å². The molecule has 0 saturated carbocycles. The van der Waals surface area contributed by atoms with Crippen LogP contribution in [0.4, 0.5) is 5.69 Å². The number of carboxylic acid groups (broad SMARTS) is 1. The summed E-state index contributed by atoms with van der Waals surface area (Å²) in [6.45, 7) is 2.33. The van der Waals surface area contributed by atoms with Crippen LogP contribution in [0.15, 0.2) is 18.2 Å². The van der Waals surface area contributed by atoms with E-state index in [-0.39, 0.29) is 5.56 Å². The Morgan fingerprint density at radius 1 is 1.61 bits per heavy atom. The van der Waals surface area contributed by atoms with Gasteiger partial charge >= 0.3 is 5.97 Å². The summed E-state index contributed by atoms with van der Waals surface area (Å²) in [4.78, 5) is 10.9. The van der Waals surface area contributed by atoms with Gasteiger partial charge in [-0.15, -0.1) is 0 Å². The van der Waals surface area contributed by atoms with Crippen LogP contribution in [0.5, 0.6) is 5.75 Å². The van der Waals surface area contributed by atoms with Crippen LogP contribution in [0.1, 0.15) is 16.8 Å². The molecule has 1 fully saturated rings. The van der Waals surface area contributed by atoms with E-state index in [2.05, 4.69) is 5.32 Å². The fraction of sp³-hybridized carbons (Fsp3) is 0.462. The number of anilines is 1. The van der Waals surface area contributed by atoms with Gasteiger partial charge in [0.05, 0.1) is 25.0 Å². The van der Waals surface area contributed by atoms with Crippen molar-refractivity contribution in [3.8, 4) is 5.75 Å². The van der Waals surface area contributed by atoms with E-state index >= 15 is 0 Å². The first-order chi connectivity index (χ1) is 8.70. The first-order valence-electron chi connectivity index (χ1n) is 5.93. The maximum Gasteiger partial charge on any atom is 0.335 e. The molecule has 1 aliphatic rings. The maximum absolute atomic E-state index is 10.9. The van der Waals surface area contributed by atoms with Crippen molar-refractivity contribution >= 4 is 11.7 Å². The van der Waals surface area contributed by atoms with Crippen molar-refractivity contribution in [2.24, 2.45) is 5.92 Å². The first-order valence-corrected chi connectivity index (χ1v) is 5.93. The molecule has 1 unspecified atom stereocenters. The normalized spacial score (nSPS) is 18.6. The molecule has 1 heterocycles. The van der Waals surface area contributed by atoms with Crippen molar-refractivity contribution in [1.29, 1.82) is 0 Å². The Morgan fingerprint density at radius 2 is 2.44 bits per heavy atom. The lowest BCUT2D eigenvalue weighted by molar-refractivity contribution is 0.0697. The van der Waals surface area contributed by atoms with Crippen LogP contribution >= 0.6 is 0 Å². The molecule has 0 spiro atoms. The van der Waals surface area contributed by atoms with Gasteiger partial charge < -0.3 is 19.9 Å². The smallest absolute Gasteiger partial charge is 0.335 e. The van der Waals surface area contributed by atoms with Crippen LogP contribution in [0.3, 0.4) is 0 Å². The highest BCUT2D eigenvalue weighted by molar-refractivity contribution is 5.89. The lowest BCUT2D eigenvalue weighted by atomic mass is 10.1. The molecule has 5 nitrogen and oxygen atoms in total. The van der Waals surface area contributed by atoms with Crippen LogP contribution in [-0.2, 0) is 4.74 Å². The van der Waals surface area contributed by atoms with E-state index in [0.29, 0.717) is 17.4 Å². The fourth-order valence-electron chi connectivity index (χ4n) is 1.98. The molecule has 0 aliphatic carbocycles. The molecule has 1 aromatic rings. The van der Waals surface area contributed by atoms with Gasteiger partial charge in [-0.2, -0.15) is 0 Å². The summed E-state index contributed by atoms with van der Waals surface area (Å²) < 4.78 is 10.5. The number of aromatic carboxylic acids is 1. The van der Waals surface area contributed by atoms with Crippen LogP contribution < -0.4 is 10.1 Å². The number of nitrogens with one attached hydrogen (secondary N) is 1. The van der Waals surface area contributed by atoms with E-state index in [4.69, 9.17) is 14.6 Å². The van der Waals surface area contributed by atoms with Gasteiger partial charge in [0.25, 0.3) is 0 Å². The monoisotopic (exact) mass is 251 g/mol. The predicted molar refractivity (Wildman–Crippen MR) is 67.4 cm³/mol. The Balaban J connectivity index is 2.08. The van der Waals surface area contributed by atoms with Gasteiger partial charge in [0.2, 0.25) is 0 Å². The standard InChI is InChI=1S/C13H17NO4/c1-17-12-3-2-10(13(15)16)6-11(12)14-7-9-4-5-18-8-9/h2-3,6,9,14H,4-5,7-8H2,1H3,(H,15,16). The average Bonchev–Trinajstić information content (AvgIpc) is 2.89. The summed E-state index contributed by atoms with van der Waals surface area (Å²) in [5.74, 6) is 0.187. The lowest BCUT2D eigenvalue weighted by Crippen LogP contribution is -2.15. The molecule has 18 heavy (non-hydrogen) atoms.